The molecule has 0 bridgehead atoms. The molecular weight excluding hydrogens is 262 g/mol. The van der Waals surface area contributed by atoms with Crippen LogP contribution in [0.3, 0.4) is 0 Å². The Morgan fingerprint density at radius 3 is 2.30 bits per heavy atom. The van der Waals surface area contributed by atoms with Crippen molar-refractivity contribution in [2.45, 2.75) is 19.9 Å². The van der Waals surface area contributed by atoms with Gasteiger partial charge >= 0.3 is 11.7 Å². The molecule has 0 spiro atoms. The van der Waals surface area contributed by atoms with Crippen LogP contribution in [0.1, 0.15) is 24.3 Å². The van der Waals surface area contributed by atoms with Crippen LogP contribution in [0.4, 0.5) is 4.79 Å². The zero-order valence-corrected chi connectivity index (χ0v) is 11.6. The Balaban J connectivity index is 1.89. The molecule has 3 N–H and O–H groups in total. The highest BCUT2D eigenvalue weighted by molar-refractivity contribution is 5.92. The lowest BCUT2D eigenvalue weighted by Gasteiger charge is -2.34. The second kappa shape index (κ2) is 5.81. The summed E-state index contributed by atoms with van der Waals surface area (Å²) in [6, 6.07) is -0.0192. The number of amides is 3. The second-order valence-corrected chi connectivity index (χ2v) is 5.04. The first-order valence-corrected chi connectivity index (χ1v) is 6.60. The average Bonchev–Trinajstić information content (AvgIpc) is 2.84. The number of imidazole rings is 1. The van der Waals surface area contributed by atoms with Gasteiger partial charge in [0, 0.05) is 38.4 Å². The fourth-order valence-electron chi connectivity index (χ4n) is 2.07. The van der Waals surface area contributed by atoms with Gasteiger partial charge in [-0.3, -0.25) is 4.79 Å². The van der Waals surface area contributed by atoms with Crippen molar-refractivity contribution in [2.24, 2.45) is 0 Å². The number of hydrogen-bond donors (Lipinski definition) is 3. The van der Waals surface area contributed by atoms with Crippen molar-refractivity contribution in [3.63, 3.8) is 0 Å². The van der Waals surface area contributed by atoms with Crippen molar-refractivity contribution in [2.75, 3.05) is 26.2 Å². The molecule has 2 rings (SSSR count). The number of piperazine rings is 1. The molecule has 0 atom stereocenters. The standard InChI is InChI=1S/C12H19N5O3/c1-8(2)14-12(20)17-5-3-16(4-6-17)10(18)9-7-13-11(19)15-9/h7-8H,3-6H2,1-2H3,(H,14,20)(H2,13,15,19). The van der Waals surface area contributed by atoms with Gasteiger partial charge in [-0.1, -0.05) is 0 Å². The Labute approximate surface area is 116 Å². The van der Waals surface area contributed by atoms with E-state index in [9.17, 15) is 14.4 Å². The number of H-pyrrole nitrogens is 2. The molecule has 2 heterocycles. The third kappa shape index (κ3) is 3.19. The normalized spacial score (nSPS) is 15.6. The molecule has 110 valence electrons. The van der Waals surface area contributed by atoms with E-state index < -0.39 is 5.69 Å². The third-order valence-electron chi connectivity index (χ3n) is 3.09. The van der Waals surface area contributed by atoms with Crippen LogP contribution in [0.2, 0.25) is 0 Å². The monoisotopic (exact) mass is 281 g/mol. The summed E-state index contributed by atoms with van der Waals surface area (Å²) in [5.41, 5.74) is -0.154. The van der Waals surface area contributed by atoms with Crippen LogP contribution in [0.15, 0.2) is 11.0 Å². The number of carbonyl (C=O) groups excluding carboxylic acids is 2. The molecule has 0 aromatic carbocycles. The molecule has 8 nitrogen and oxygen atoms in total. The molecule has 1 aliphatic rings. The average molecular weight is 281 g/mol. The predicted octanol–water partition coefficient (Wildman–Crippen LogP) is -0.421. The van der Waals surface area contributed by atoms with E-state index in [1.165, 1.54) is 6.20 Å². The molecule has 0 saturated carbocycles. The quantitative estimate of drug-likeness (QED) is 0.686. The maximum atomic E-state index is 12.1. The van der Waals surface area contributed by atoms with Gasteiger partial charge in [0.2, 0.25) is 0 Å². The molecule has 1 aromatic rings. The lowest BCUT2D eigenvalue weighted by atomic mass is 10.3. The minimum atomic E-state index is -0.400. The van der Waals surface area contributed by atoms with E-state index in [2.05, 4.69) is 15.3 Å². The number of hydrogen-bond acceptors (Lipinski definition) is 3. The lowest BCUT2D eigenvalue weighted by molar-refractivity contribution is 0.0658. The van der Waals surface area contributed by atoms with Gasteiger partial charge < -0.3 is 25.1 Å². The number of nitrogens with zero attached hydrogens (tertiary/aromatic N) is 2. The van der Waals surface area contributed by atoms with E-state index >= 15 is 0 Å². The van der Waals surface area contributed by atoms with Gasteiger partial charge in [0.25, 0.3) is 5.91 Å². The van der Waals surface area contributed by atoms with Gasteiger partial charge in [-0.2, -0.15) is 0 Å². The zero-order valence-electron chi connectivity index (χ0n) is 11.6. The number of aromatic nitrogens is 2. The number of rotatable bonds is 2. The highest BCUT2D eigenvalue weighted by Gasteiger charge is 2.25. The molecule has 1 aromatic heterocycles. The van der Waals surface area contributed by atoms with Crippen molar-refractivity contribution < 1.29 is 9.59 Å². The molecule has 1 aliphatic heterocycles. The largest absolute Gasteiger partial charge is 0.336 e. The SMILES string of the molecule is CC(C)NC(=O)N1CCN(C(=O)c2c[nH]c(=O)[nH]2)CC1. The number of carbonyl (C=O) groups is 2. The van der Waals surface area contributed by atoms with Crippen molar-refractivity contribution >= 4 is 11.9 Å². The van der Waals surface area contributed by atoms with Gasteiger partial charge in [0.15, 0.2) is 0 Å². The summed E-state index contributed by atoms with van der Waals surface area (Å²) in [5.74, 6) is -0.229. The first-order chi connectivity index (χ1) is 9.47. The van der Waals surface area contributed by atoms with Crippen LogP contribution in [-0.2, 0) is 0 Å². The highest BCUT2D eigenvalue weighted by Crippen LogP contribution is 2.06. The molecule has 8 heteroatoms. The summed E-state index contributed by atoms with van der Waals surface area (Å²) in [6.07, 6.45) is 1.36. The van der Waals surface area contributed by atoms with E-state index in [1.54, 1.807) is 9.80 Å². The molecule has 1 fully saturated rings. The summed E-state index contributed by atoms with van der Waals surface area (Å²) >= 11 is 0. The lowest BCUT2D eigenvalue weighted by Crippen LogP contribution is -2.54. The predicted molar refractivity (Wildman–Crippen MR) is 72.6 cm³/mol. The molecular formula is C12H19N5O3. The number of nitrogens with one attached hydrogen (secondary N) is 3. The molecule has 0 aliphatic carbocycles. The molecule has 3 amide bonds. The van der Waals surface area contributed by atoms with E-state index in [-0.39, 0.29) is 23.7 Å². The van der Waals surface area contributed by atoms with Crippen molar-refractivity contribution in [1.82, 2.24) is 25.1 Å². The van der Waals surface area contributed by atoms with E-state index in [4.69, 9.17) is 0 Å². The maximum absolute atomic E-state index is 12.1. The van der Waals surface area contributed by atoms with Crippen molar-refractivity contribution in [3.8, 4) is 0 Å². The zero-order chi connectivity index (χ0) is 14.7. The molecule has 0 radical (unpaired) electrons. The summed E-state index contributed by atoms with van der Waals surface area (Å²) in [4.78, 5) is 43.0. The van der Waals surface area contributed by atoms with Gasteiger partial charge in [-0.15, -0.1) is 0 Å². The maximum Gasteiger partial charge on any atom is 0.323 e. The topological polar surface area (TPSA) is 101 Å². The van der Waals surface area contributed by atoms with E-state index in [0.717, 1.165) is 0 Å². The summed E-state index contributed by atoms with van der Waals surface area (Å²) in [6.45, 7) is 5.69. The third-order valence-corrected chi connectivity index (χ3v) is 3.09. The minimum Gasteiger partial charge on any atom is -0.336 e. The number of urea groups is 1. The Bertz CT molecular complexity index is 539. The summed E-state index contributed by atoms with van der Waals surface area (Å²) in [5, 5.41) is 2.82. The Morgan fingerprint density at radius 2 is 1.80 bits per heavy atom. The van der Waals surface area contributed by atoms with Crippen LogP contribution in [0, 0.1) is 0 Å². The van der Waals surface area contributed by atoms with Gasteiger partial charge in [-0.25, -0.2) is 9.59 Å². The first kappa shape index (κ1) is 14.2. The van der Waals surface area contributed by atoms with Gasteiger partial charge in [0.1, 0.15) is 5.69 Å². The van der Waals surface area contributed by atoms with Gasteiger partial charge in [-0.05, 0) is 13.8 Å². The van der Waals surface area contributed by atoms with Crippen molar-refractivity contribution in [1.29, 1.82) is 0 Å². The van der Waals surface area contributed by atoms with E-state index in [0.29, 0.717) is 26.2 Å². The van der Waals surface area contributed by atoms with Crippen LogP contribution in [-0.4, -0.2) is 63.9 Å². The highest BCUT2D eigenvalue weighted by atomic mass is 16.2. The summed E-state index contributed by atoms with van der Waals surface area (Å²) in [7, 11) is 0. The van der Waals surface area contributed by atoms with Gasteiger partial charge in [0.05, 0.1) is 0 Å². The Kier molecular flexibility index (Phi) is 4.11. The fraction of sp³-hybridized carbons (Fsp3) is 0.583. The van der Waals surface area contributed by atoms with Crippen LogP contribution >= 0.6 is 0 Å². The molecule has 1 saturated heterocycles. The number of aromatic amines is 2. The minimum absolute atomic E-state index is 0.0899. The van der Waals surface area contributed by atoms with Crippen molar-refractivity contribution in [3.05, 3.63) is 22.4 Å². The smallest absolute Gasteiger partial charge is 0.323 e. The fourth-order valence-corrected chi connectivity index (χ4v) is 2.07. The molecule has 20 heavy (non-hydrogen) atoms. The second-order valence-electron chi connectivity index (χ2n) is 5.04. The van der Waals surface area contributed by atoms with Crippen LogP contribution in [0.5, 0.6) is 0 Å². The summed E-state index contributed by atoms with van der Waals surface area (Å²) < 4.78 is 0. The van der Waals surface area contributed by atoms with E-state index in [1.807, 2.05) is 13.8 Å². The Hall–Kier alpha value is -2.25. The molecule has 0 unspecified atom stereocenters. The van der Waals surface area contributed by atoms with Crippen LogP contribution < -0.4 is 11.0 Å². The van der Waals surface area contributed by atoms with Crippen LogP contribution in [0.25, 0.3) is 0 Å². The first-order valence-electron chi connectivity index (χ1n) is 6.60. The Morgan fingerprint density at radius 1 is 1.20 bits per heavy atom.